The van der Waals surface area contributed by atoms with Crippen molar-refractivity contribution < 1.29 is 32.5 Å². The van der Waals surface area contributed by atoms with Crippen LogP contribution in [0.25, 0.3) is 0 Å². The van der Waals surface area contributed by atoms with E-state index in [1.54, 1.807) is 44.6 Å². The van der Waals surface area contributed by atoms with Gasteiger partial charge in [0.2, 0.25) is 0 Å². The molecule has 3 rings (SSSR count). The van der Waals surface area contributed by atoms with Crippen molar-refractivity contribution >= 4 is 15.6 Å². The maximum absolute atomic E-state index is 12.1. The number of ketones is 1. The van der Waals surface area contributed by atoms with E-state index in [4.69, 9.17) is 14.2 Å². The Hall–Kier alpha value is -2.62. The average molecular weight is 478 g/mol. The number of aliphatic hydroxyl groups is 1. The molecule has 180 valence electrons. The van der Waals surface area contributed by atoms with E-state index >= 15 is 0 Å². The van der Waals surface area contributed by atoms with Crippen LogP contribution in [-0.4, -0.2) is 75.2 Å². The van der Waals surface area contributed by atoms with Gasteiger partial charge in [0.1, 0.15) is 18.5 Å². The molecule has 1 fully saturated rings. The molecule has 33 heavy (non-hydrogen) atoms. The largest absolute Gasteiger partial charge is 0.493 e. The molecule has 9 heteroatoms. The number of methoxy groups -OCH3 is 2. The van der Waals surface area contributed by atoms with Crippen molar-refractivity contribution in [2.24, 2.45) is 0 Å². The van der Waals surface area contributed by atoms with Crippen LogP contribution in [0.1, 0.15) is 29.3 Å². The summed E-state index contributed by atoms with van der Waals surface area (Å²) in [5.41, 5.74) is 1.36. The molecule has 1 heterocycles. The van der Waals surface area contributed by atoms with E-state index in [2.05, 4.69) is 0 Å². The van der Waals surface area contributed by atoms with Gasteiger partial charge in [-0.15, -0.1) is 0 Å². The summed E-state index contributed by atoms with van der Waals surface area (Å²) in [7, 11) is 0.0226. The van der Waals surface area contributed by atoms with Gasteiger partial charge >= 0.3 is 0 Å². The van der Waals surface area contributed by atoms with Crippen molar-refractivity contribution in [3.05, 3.63) is 53.6 Å². The average Bonchev–Trinajstić information content (AvgIpc) is 3.16. The molecule has 2 aromatic carbocycles. The topological polar surface area (TPSA) is 102 Å². The summed E-state index contributed by atoms with van der Waals surface area (Å²) in [6.45, 7) is 2.09. The van der Waals surface area contributed by atoms with Crippen molar-refractivity contribution in [1.29, 1.82) is 0 Å². The number of carbonyl (C=O) groups excluding carboxylic acids is 1. The van der Waals surface area contributed by atoms with Crippen LogP contribution in [0.2, 0.25) is 0 Å². The number of nitrogens with zero attached hydrogens (tertiary/aromatic N) is 1. The quantitative estimate of drug-likeness (QED) is 0.492. The van der Waals surface area contributed by atoms with E-state index in [-0.39, 0.29) is 36.5 Å². The third-order valence-corrected chi connectivity index (χ3v) is 7.45. The summed E-state index contributed by atoms with van der Waals surface area (Å²) in [5.74, 6) is 1.68. The van der Waals surface area contributed by atoms with Crippen LogP contribution in [0.15, 0.2) is 42.5 Å². The van der Waals surface area contributed by atoms with Crippen LogP contribution in [0, 0.1) is 0 Å². The van der Waals surface area contributed by atoms with E-state index in [9.17, 15) is 18.3 Å². The molecule has 0 aromatic heterocycles. The second-order valence-corrected chi connectivity index (χ2v) is 10.4. The maximum Gasteiger partial charge on any atom is 0.163 e. The molecular formula is C24H31NO7S. The molecule has 2 aromatic rings. The molecule has 1 aliphatic heterocycles. The van der Waals surface area contributed by atoms with Gasteiger partial charge in [0, 0.05) is 19.1 Å². The van der Waals surface area contributed by atoms with Crippen molar-refractivity contribution in [3.8, 4) is 17.2 Å². The Morgan fingerprint density at radius 3 is 2.48 bits per heavy atom. The third kappa shape index (κ3) is 6.69. The van der Waals surface area contributed by atoms with Gasteiger partial charge in [0.05, 0.1) is 31.3 Å². The van der Waals surface area contributed by atoms with Gasteiger partial charge in [-0.25, -0.2) is 8.42 Å². The minimum Gasteiger partial charge on any atom is -0.493 e. The van der Waals surface area contributed by atoms with Crippen LogP contribution in [0.5, 0.6) is 17.2 Å². The molecule has 1 aliphatic rings. The summed E-state index contributed by atoms with van der Waals surface area (Å²) in [6.07, 6.45) is -0.371. The highest BCUT2D eigenvalue weighted by Gasteiger charge is 2.33. The second-order valence-electron chi connectivity index (χ2n) is 8.19. The number of carbonyl (C=O) groups is 1. The highest BCUT2D eigenvalue weighted by atomic mass is 32.2. The summed E-state index contributed by atoms with van der Waals surface area (Å²) in [4.78, 5) is 13.8. The first kappa shape index (κ1) is 25.0. The van der Waals surface area contributed by atoms with Crippen molar-refractivity contribution in [2.45, 2.75) is 32.0 Å². The molecule has 0 bridgehead atoms. The third-order valence-electron chi connectivity index (χ3n) is 5.70. The van der Waals surface area contributed by atoms with E-state index < -0.39 is 15.9 Å². The predicted molar refractivity (Wildman–Crippen MR) is 125 cm³/mol. The lowest BCUT2D eigenvalue weighted by Crippen LogP contribution is -2.42. The zero-order valence-electron chi connectivity index (χ0n) is 19.2. The summed E-state index contributed by atoms with van der Waals surface area (Å²) in [5, 5.41) is 10.7. The number of sulfone groups is 1. The first-order valence-corrected chi connectivity index (χ1v) is 12.6. The summed E-state index contributed by atoms with van der Waals surface area (Å²) >= 11 is 0. The van der Waals surface area contributed by atoms with Crippen molar-refractivity contribution in [3.63, 3.8) is 0 Å². The molecule has 2 unspecified atom stereocenters. The Kier molecular flexibility index (Phi) is 8.34. The minimum absolute atomic E-state index is 0.0216. The molecule has 0 radical (unpaired) electrons. The highest BCUT2D eigenvalue weighted by Crippen LogP contribution is 2.29. The van der Waals surface area contributed by atoms with Gasteiger partial charge < -0.3 is 19.3 Å². The van der Waals surface area contributed by atoms with Gasteiger partial charge in [-0.2, -0.15) is 0 Å². The molecule has 2 atom stereocenters. The molecule has 8 nitrogen and oxygen atoms in total. The van der Waals surface area contributed by atoms with Gasteiger partial charge in [-0.1, -0.05) is 18.2 Å². The zero-order valence-corrected chi connectivity index (χ0v) is 20.0. The molecule has 1 N–H and O–H groups in total. The Morgan fingerprint density at radius 1 is 1.12 bits per heavy atom. The van der Waals surface area contributed by atoms with Crippen LogP contribution in [0.3, 0.4) is 0 Å². The SMILES string of the molecule is COc1ccc(CN(CC(O)COc2ccccc2C(C)=O)C2CCS(=O)(=O)C2)cc1OC. The summed E-state index contributed by atoms with van der Waals surface area (Å²) in [6, 6.07) is 12.2. The van der Waals surface area contributed by atoms with Crippen LogP contribution in [-0.2, 0) is 16.4 Å². The van der Waals surface area contributed by atoms with Gasteiger partial charge in [-0.3, -0.25) is 9.69 Å². The lowest BCUT2D eigenvalue weighted by atomic mass is 10.1. The maximum atomic E-state index is 12.1. The normalized spacial score (nSPS) is 18.2. The molecule has 0 aliphatic carbocycles. The molecule has 0 amide bonds. The smallest absolute Gasteiger partial charge is 0.163 e. The van der Waals surface area contributed by atoms with E-state index in [0.29, 0.717) is 35.8 Å². The minimum atomic E-state index is -3.10. The van der Waals surface area contributed by atoms with Gasteiger partial charge in [-0.05, 0) is 43.2 Å². The lowest BCUT2D eigenvalue weighted by Gasteiger charge is -2.30. The standard InChI is InChI=1S/C24H31NO7S/c1-17(26)21-6-4-5-7-22(21)32-15-20(27)14-25(19-10-11-33(28,29)16-19)13-18-8-9-23(30-2)24(12-18)31-3/h4-9,12,19-20,27H,10-11,13-16H2,1-3H3. The van der Waals surface area contributed by atoms with Crippen molar-refractivity contribution in [1.82, 2.24) is 4.90 Å². The number of aliphatic hydroxyl groups excluding tert-OH is 1. The van der Waals surface area contributed by atoms with E-state index in [0.717, 1.165) is 5.56 Å². The second kappa shape index (κ2) is 11.0. The Balaban J connectivity index is 1.73. The predicted octanol–water partition coefficient (Wildman–Crippen LogP) is 2.34. The molecule has 1 saturated heterocycles. The molecular weight excluding hydrogens is 446 g/mol. The number of hydrogen-bond acceptors (Lipinski definition) is 8. The van der Waals surface area contributed by atoms with Crippen LogP contribution >= 0.6 is 0 Å². The van der Waals surface area contributed by atoms with Crippen LogP contribution in [0.4, 0.5) is 0 Å². The van der Waals surface area contributed by atoms with Gasteiger partial charge in [0.25, 0.3) is 0 Å². The Morgan fingerprint density at radius 2 is 1.85 bits per heavy atom. The number of benzene rings is 2. The Bertz CT molecular complexity index is 1070. The number of Topliss-reactive ketones (excluding diaryl/α,β-unsaturated/α-hetero) is 1. The van der Waals surface area contributed by atoms with E-state index in [1.165, 1.54) is 6.92 Å². The monoisotopic (exact) mass is 477 g/mol. The first-order valence-electron chi connectivity index (χ1n) is 10.8. The highest BCUT2D eigenvalue weighted by molar-refractivity contribution is 7.91. The summed E-state index contributed by atoms with van der Waals surface area (Å²) < 4.78 is 40.6. The fraction of sp³-hybridized carbons (Fsp3) is 0.458. The fourth-order valence-electron chi connectivity index (χ4n) is 4.01. The van der Waals surface area contributed by atoms with Gasteiger partial charge in [0.15, 0.2) is 27.1 Å². The van der Waals surface area contributed by atoms with Crippen molar-refractivity contribution in [2.75, 3.05) is 38.9 Å². The number of hydrogen-bond donors (Lipinski definition) is 1. The number of ether oxygens (including phenoxy) is 3. The zero-order chi connectivity index (χ0) is 24.0. The first-order chi connectivity index (χ1) is 15.7. The molecule has 0 spiro atoms. The fourth-order valence-corrected chi connectivity index (χ4v) is 5.77. The van der Waals surface area contributed by atoms with Crippen LogP contribution < -0.4 is 14.2 Å². The molecule has 0 saturated carbocycles. The Labute approximate surface area is 195 Å². The number of rotatable bonds is 11. The van der Waals surface area contributed by atoms with E-state index in [1.807, 2.05) is 17.0 Å². The lowest BCUT2D eigenvalue weighted by molar-refractivity contribution is 0.0520. The number of para-hydroxylation sites is 1.